The molecule has 0 atom stereocenters. The summed E-state index contributed by atoms with van der Waals surface area (Å²) in [5.74, 6) is 0. The van der Waals surface area contributed by atoms with E-state index in [1.807, 2.05) is 4.57 Å². The molecule has 0 saturated carbocycles. The molecule has 1 aliphatic rings. The van der Waals surface area contributed by atoms with Gasteiger partial charge in [0, 0.05) is 19.3 Å². The Morgan fingerprint density at radius 2 is 2.42 bits per heavy atom. The van der Waals surface area contributed by atoms with Gasteiger partial charge in [0.15, 0.2) is 0 Å². The van der Waals surface area contributed by atoms with Crippen LogP contribution in [0.5, 0.6) is 0 Å². The number of hydrogen-bond acceptors (Lipinski definition) is 2. The van der Waals surface area contributed by atoms with Crippen LogP contribution in [0.1, 0.15) is 5.69 Å². The number of imidazole rings is 1. The lowest BCUT2D eigenvalue weighted by Crippen LogP contribution is -2.36. The number of rotatable bonds is 0. The van der Waals surface area contributed by atoms with Crippen LogP contribution in [0.4, 0.5) is 4.79 Å². The molecule has 12 heavy (non-hydrogen) atoms. The Morgan fingerprint density at radius 1 is 1.58 bits per heavy atom. The Morgan fingerprint density at radius 3 is 3.17 bits per heavy atom. The number of nitrogens with zero attached hydrogens (tertiary/aromatic N) is 3. The van der Waals surface area contributed by atoms with Gasteiger partial charge in [0.25, 0.3) is 0 Å². The zero-order valence-corrected chi connectivity index (χ0v) is 6.47. The van der Waals surface area contributed by atoms with E-state index in [1.54, 1.807) is 12.5 Å². The molecule has 64 valence electrons. The van der Waals surface area contributed by atoms with Gasteiger partial charge in [-0.15, -0.1) is 0 Å². The van der Waals surface area contributed by atoms with Crippen LogP contribution in [-0.4, -0.2) is 32.2 Å². The highest BCUT2D eigenvalue weighted by Crippen LogP contribution is 2.10. The summed E-state index contributed by atoms with van der Waals surface area (Å²) in [5.41, 5.74) is 0.962. The van der Waals surface area contributed by atoms with Crippen molar-refractivity contribution in [1.29, 1.82) is 0 Å². The fraction of sp³-hybridized carbons (Fsp3) is 0.429. The van der Waals surface area contributed by atoms with E-state index in [0.717, 1.165) is 5.69 Å². The highest BCUT2D eigenvalue weighted by Gasteiger charge is 2.19. The van der Waals surface area contributed by atoms with Crippen LogP contribution < -0.4 is 0 Å². The zero-order chi connectivity index (χ0) is 8.55. The maximum atomic E-state index is 10.6. The fourth-order valence-corrected chi connectivity index (χ4v) is 1.35. The first kappa shape index (κ1) is 7.15. The van der Waals surface area contributed by atoms with Gasteiger partial charge >= 0.3 is 6.09 Å². The largest absolute Gasteiger partial charge is 0.465 e. The maximum Gasteiger partial charge on any atom is 0.407 e. The molecule has 0 saturated heterocycles. The molecule has 5 heteroatoms. The smallest absolute Gasteiger partial charge is 0.407 e. The van der Waals surface area contributed by atoms with Crippen LogP contribution in [0.2, 0.25) is 0 Å². The predicted molar refractivity (Wildman–Crippen MR) is 40.7 cm³/mol. The van der Waals surface area contributed by atoms with E-state index in [1.165, 1.54) is 4.90 Å². The molecular weight excluding hydrogens is 158 g/mol. The number of fused-ring (bicyclic) bond motifs is 1. The van der Waals surface area contributed by atoms with Crippen molar-refractivity contribution in [3.63, 3.8) is 0 Å². The lowest BCUT2D eigenvalue weighted by Gasteiger charge is -2.25. The highest BCUT2D eigenvalue weighted by molar-refractivity contribution is 5.65. The summed E-state index contributed by atoms with van der Waals surface area (Å²) in [6, 6.07) is 0. The summed E-state index contributed by atoms with van der Waals surface area (Å²) in [7, 11) is 0. The second-order valence-electron chi connectivity index (χ2n) is 2.78. The summed E-state index contributed by atoms with van der Waals surface area (Å²) in [4.78, 5) is 15.9. The van der Waals surface area contributed by atoms with Gasteiger partial charge in [-0.3, -0.25) is 0 Å². The number of aromatic nitrogens is 2. The Hall–Kier alpha value is -1.52. The van der Waals surface area contributed by atoms with Crippen molar-refractivity contribution >= 4 is 6.09 Å². The molecule has 1 amide bonds. The van der Waals surface area contributed by atoms with Gasteiger partial charge in [0.1, 0.15) is 0 Å². The number of hydrogen-bond donors (Lipinski definition) is 1. The van der Waals surface area contributed by atoms with Crippen LogP contribution in [0.3, 0.4) is 0 Å². The van der Waals surface area contributed by atoms with Crippen molar-refractivity contribution in [2.24, 2.45) is 0 Å². The summed E-state index contributed by atoms with van der Waals surface area (Å²) in [5, 5.41) is 8.70. The summed E-state index contributed by atoms with van der Waals surface area (Å²) in [6.45, 7) is 1.72. The minimum atomic E-state index is -0.859. The van der Waals surface area contributed by atoms with Gasteiger partial charge in [-0.1, -0.05) is 0 Å². The van der Waals surface area contributed by atoms with E-state index in [4.69, 9.17) is 5.11 Å². The summed E-state index contributed by atoms with van der Waals surface area (Å²) >= 11 is 0. The van der Waals surface area contributed by atoms with E-state index in [0.29, 0.717) is 19.6 Å². The zero-order valence-electron chi connectivity index (χ0n) is 6.47. The molecule has 0 spiro atoms. The molecule has 5 nitrogen and oxygen atoms in total. The second-order valence-corrected chi connectivity index (χ2v) is 2.78. The molecule has 1 aliphatic heterocycles. The van der Waals surface area contributed by atoms with E-state index in [2.05, 4.69) is 4.98 Å². The minimum Gasteiger partial charge on any atom is -0.465 e. The third-order valence-electron chi connectivity index (χ3n) is 2.03. The predicted octanol–water partition coefficient (Wildman–Crippen LogP) is 0.377. The van der Waals surface area contributed by atoms with Gasteiger partial charge in [0.2, 0.25) is 0 Å². The van der Waals surface area contributed by atoms with E-state index in [-0.39, 0.29) is 0 Å². The Labute approximate surface area is 69.2 Å². The number of amides is 1. The molecular formula is C7H9N3O2. The standard InChI is InChI=1S/C7H9N3O2/c11-7(12)9-1-2-10-5-8-3-6(10)4-9/h3,5H,1-2,4H2,(H,11,12). The lowest BCUT2D eigenvalue weighted by atomic mass is 10.3. The molecule has 0 unspecified atom stereocenters. The quantitative estimate of drug-likeness (QED) is 0.607. The van der Waals surface area contributed by atoms with Gasteiger partial charge in [-0.2, -0.15) is 0 Å². The van der Waals surface area contributed by atoms with Crippen LogP contribution in [0.15, 0.2) is 12.5 Å². The second kappa shape index (κ2) is 2.51. The monoisotopic (exact) mass is 167 g/mol. The SMILES string of the molecule is O=C(O)N1CCn2cncc2C1. The van der Waals surface area contributed by atoms with Gasteiger partial charge in [0.05, 0.1) is 18.6 Å². The number of carboxylic acid groups (broad SMARTS) is 1. The Balaban J connectivity index is 2.20. The molecule has 0 aliphatic carbocycles. The molecule has 1 aromatic rings. The third kappa shape index (κ3) is 1.03. The van der Waals surface area contributed by atoms with Gasteiger partial charge < -0.3 is 14.6 Å². The third-order valence-corrected chi connectivity index (χ3v) is 2.03. The first-order valence-corrected chi connectivity index (χ1v) is 3.74. The Bertz CT molecular complexity index is 307. The average molecular weight is 167 g/mol. The summed E-state index contributed by atoms with van der Waals surface area (Å²) < 4.78 is 1.97. The lowest BCUT2D eigenvalue weighted by molar-refractivity contribution is 0.133. The molecule has 0 aromatic carbocycles. The summed E-state index contributed by atoms with van der Waals surface area (Å²) in [6.07, 6.45) is 2.58. The topological polar surface area (TPSA) is 58.4 Å². The van der Waals surface area contributed by atoms with Crippen molar-refractivity contribution in [3.8, 4) is 0 Å². The van der Waals surface area contributed by atoms with Crippen molar-refractivity contribution in [2.45, 2.75) is 13.1 Å². The van der Waals surface area contributed by atoms with E-state index < -0.39 is 6.09 Å². The van der Waals surface area contributed by atoms with Crippen LogP contribution in [0, 0.1) is 0 Å². The molecule has 2 rings (SSSR count). The molecule has 1 aromatic heterocycles. The van der Waals surface area contributed by atoms with Crippen LogP contribution in [0.25, 0.3) is 0 Å². The van der Waals surface area contributed by atoms with Crippen molar-refractivity contribution in [3.05, 3.63) is 18.2 Å². The van der Waals surface area contributed by atoms with Crippen LogP contribution >= 0.6 is 0 Å². The first-order chi connectivity index (χ1) is 5.77. The normalized spacial score (nSPS) is 15.8. The van der Waals surface area contributed by atoms with Crippen molar-refractivity contribution in [1.82, 2.24) is 14.5 Å². The minimum absolute atomic E-state index is 0.454. The molecule has 0 radical (unpaired) electrons. The van der Waals surface area contributed by atoms with Crippen molar-refractivity contribution in [2.75, 3.05) is 6.54 Å². The number of carbonyl (C=O) groups is 1. The first-order valence-electron chi connectivity index (χ1n) is 3.74. The highest BCUT2D eigenvalue weighted by atomic mass is 16.4. The fourth-order valence-electron chi connectivity index (χ4n) is 1.35. The molecule has 0 bridgehead atoms. The molecule has 1 N–H and O–H groups in total. The van der Waals surface area contributed by atoms with Gasteiger partial charge in [-0.05, 0) is 0 Å². The molecule has 2 heterocycles. The maximum absolute atomic E-state index is 10.6. The Kier molecular flexibility index (Phi) is 1.49. The van der Waals surface area contributed by atoms with E-state index >= 15 is 0 Å². The van der Waals surface area contributed by atoms with Crippen molar-refractivity contribution < 1.29 is 9.90 Å². The van der Waals surface area contributed by atoms with Gasteiger partial charge in [-0.25, -0.2) is 9.78 Å². The van der Waals surface area contributed by atoms with Crippen LogP contribution in [-0.2, 0) is 13.1 Å². The average Bonchev–Trinajstić information content (AvgIpc) is 2.49. The van der Waals surface area contributed by atoms with E-state index in [9.17, 15) is 4.79 Å². The molecule has 0 fully saturated rings.